The molecule has 0 spiro atoms. The summed E-state index contributed by atoms with van der Waals surface area (Å²) in [6.07, 6.45) is 2.28. The van der Waals surface area contributed by atoms with Crippen molar-refractivity contribution in [1.82, 2.24) is 20.1 Å². The van der Waals surface area contributed by atoms with Crippen molar-refractivity contribution >= 4 is 35.2 Å². The SMILES string of the molecule is CCNC(=O)c1cccc(NC(=O)CSc2nnc(N3CCCC3)n2-c2ccc(C)cc2)c1. The molecule has 1 aliphatic rings. The van der Waals surface area contributed by atoms with E-state index in [0.717, 1.165) is 37.6 Å². The summed E-state index contributed by atoms with van der Waals surface area (Å²) >= 11 is 1.34. The van der Waals surface area contributed by atoms with Gasteiger partial charge in [-0.2, -0.15) is 0 Å². The lowest BCUT2D eigenvalue weighted by molar-refractivity contribution is -0.113. The highest BCUT2D eigenvalue weighted by Gasteiger charge is 2.23. The molecule has 1 fully saturated rings. The standard InChI is InChI=1S/C24H28N6O2S/c1-3-25-22(32)18-7-6-8-19(15-18)26-21(31)16-33-24-28-27-23(29-13-4-5-14-29)30(24)20-11-9-17(2)10-12-20/h6-12,15H,3-5,13-14,16H2,1-2H3,(H,25,32)(H,26,31). The number of nitrogens with zero attached hydrogens (tertiary/aromatic N) is 4. The number of carbonyl (C=O) groups excluding carboxylic acids is 2. The Labute approximate surface area is 197 Å². The van der Waals surface area contributed by atoms with Gasteiger partial charge in [0.1, 0.15) is 0 Å². The van der Waals surface area contributed by atoms with Crippen LogP contribution in [-0.4, -0.2) is 52.0 Å². The molecule has 1 aromatic heterocycles. The summed E-state index contributed by atoms with van der Waals surface area (Å²) in [5.41, 5.74) is 3.25. The van der Waals surface area contributed by atoms with Crippen LogP contribution in [0.5, 0.6) is 0 Å². The van der Waals surface area contributed by atoms with E-state index in [1.54, 1.807) is 24.3 Å². The first-order valence-electron chi connectivity index (χ1n) is 11.1. The molecule has 0 saturated carbocycles. The number of thioether (sulfide) groups is 1. The predicted octanol–water partition coefficient (Wildman–Crippen LogP) is 3.66. The highest BCUT2D eigenvalue weighted by Crippen LogP contribution is 2.29. The van der Waals surface area contributed by atoms with Gasteiger partial charge < -0.3 is 15.5 Å². The summed E-state index contributed by atoms with van der Waals surface area (Å²) in [5.74, 6) is 0.654. The maximum atomic E-state index is 12.6. The van der Waals surface area contributed by atoms with Crippen LogP contribution in [0.3, 0.4) is 0 Å². The first-order chi connectivity index (χ1) is 16.0. The van der Waals surface area contributed by atoms with E-state index in [0.29, 0.717) is 23.0 Å². The minimum Gasteiger partial charge on any atom is -0.352 e. The fourth-order valence-electron chi connectivity index (χ4n) is 3.73. The van der Waals surface area contributed by atoms with Crippen molar-refractivity contribution in [2.45, 2.75) is 31.8 Å². The third-order valence-corrected chi connectivity index (χ3v) is 6.30. The Bertz CT molecular complexity index is 1120. The second-order valence-electron chi connectivity index (χ2n) is 7.92. The summed E-state index contributed by atoms with van der Waals surface area (Å²) in [7, 11) is 0. The van der Waals surface area contributed by atoms with Crippen LogP contribution in [0.1, 0.15) is 35.7 Å². The van der Waals surface area contributed by atoms with Crippen molar-refractivity contribution in [1.29, 1.82) is 0 Å². The molecule has 2 aromatic carbocycles. The molecule has 1 aliphatic heterocycles. The zero-order chi connectivity index (χ0) is 23.2. The average Bonchev–Trinajstić information content (AvgIpc) is 3.48. The lowest BCUT2D eigenvalue weighted by Gasteiger charge is -2.18. The highest BCUT2D eigenvalue weighted by molar-refractivity contribution is 7.99. The topological polar surface area (TPSA) is 92.2 Å². The van der Waals surface area contributed by atoms with Crippen LogP contribution in [0.25, 0.3) is 5.69 Å². The maximum absolute atomic E-state index is 12.6. The quantitative estimate of drug-likeness (QED) is 0.495. The number of hydrogen-bond donors (Lipinski definition) is 2. The smallest absolute Gasteiger partial charge is 0.251 e. The molecular weight excluding hydrogens is 436 g/mol. The predicted molar refractivity (Wildman–Crippen MR) is 131 cm³/mol. The van der Waals surface area contributed by atoms with Crippen LogP contribution in [0.2, 0.25) is 0 Å². The van der Waals surface area contributed by atoms with Gasteiger partial charge in [-0.1, -0.05) is 35.5 Å². The van der Waals surface area contributed by atoms with Crippen LogP contribution >= 0.6 is 11.8 Å². The van der Waals surface area contributed by atoms with E-state index in [1.165, 1.54) is 17.3 Å². The third-order valence-electron chi connectivity index (χ3n) is 5.38. The number of hydrogen-bond acceptors (Lipinski definition) is 6. The molecular formula is C24H28N6O2S. The molecule has 2 amide bonds. The molecule has 172 valence electrons. The largest absolute Gasteiger partial charge is 0.352 e. The van der Waals surface area contributed by atoms with Gasteiger partial charge in [0.05, 0.1) is 11.4 Å². The van der Waals surface area contributed by atoms with Gasteiger partial charge in [0, 0.05) is 30.9 Å². The number of rotatable bonds is 8. The molecule has 1 saturated heterocycles. The molecule has 0 unspecified atom stereocenters. The zero-order valence-electron chi connectivity index (χ0n) is 18.9. The molecule has 0 atom stereocenters. The van der Waals surface area contributed by atoms with Crippen LogP contribution in [-0.2, 0) is 4.79 Å². The Morgan fingerprint density at radius 3 is 2.55 bits per heavy atom. The average molecular weight is 465 g/mol. The Morgan fingerprint density at radius 2 is 1.82 bits per heavy atom. The first-order valence-corrected chi connectivity index (χ1v) is 12.1. The second-order valence-corrected chi connectivity index (χ2v) is 8.87. The molecule has 2 N–H and O–H groups in total. The van der Waals surface area contributed by atoms with E-state index < -0.39 is 0 Å². The van der Waals surface area contributed by atoms with Gasteiger partial charge in [-0.05, 0) is 57.0 Å². The number of aryl methyl sites for hydroxylation is 1. The molecule has 9 heteroatoms. The Morgan fingerprint density at radius 1 is 1.06 bits per heavy atom. The highest BCUT2D eigenvalue weighted by atomic mass is 32.2. The van der Waals surface area contributed by atoms with Crippen LogP contribution in [0.15, 0.2) is 53.7 Å². The van der Waals surface area contributed by atoms with Crippen molar-refractivity contribution in [2.24, 2.45) is 0 Å². The summed E-state index contributed by atoms with van der Waals surface area (Å²) < 4.78 is 2.03. The summed E-state index contributed by atoms with van der Waals surface area (Å²) in [5, 5.41) is 15.2. The second kappa shape index (κ2) is 10.5. The number of benzene rings is 2. The van der Waals surface area contributed by atoms with E-state index in [2.05, 4.69) is 56.9 Å². The van der Waals surface area contributed by atoms with Crippen LogP contribution in [0.4, 0.5) is 11.6 Å². The fourth-order valence-corrected chi connectivity index (χ4v) is 4.47. The number of nitrogens with one attached hydrogen (secondary N) is 2. The Hall–Kier alpha value is -3.33. The number of aromatic nitrogens is 3. The summed E-state index contributed by atoms with van der Waals surface area (Å²) in [6, 6.07) is 15.1. The molecule has 0 radical (unpaired) electrons. The first kappa shape index (κ1) is 22.8. The minimum atomic E-state index is -0.172. The van der Waals surface area contributed by atoms with Gasteiger partial charge >= 0.3 is 0 Å². The van der Waals surface area contributed by atoms with Crippen molar-refractivity contribution in [2.75, 3.05) is 35.6 Å². The number of carbonyl (C=O) groups is 2. The molecule has 4 rings (SSSR count). The number of anilines is 2. The molecule has 2 heterocycles. The maximum Gasteiger partial charge on any atom is 0.251 e. The van der Waals surface area contributed by atoms with E-state index in [1.807, 2.05) is 11.5 Å². The van der Waals surface area contributed by atoms with Crippen molar-refractivity contribution in [3.63, 3.8) is 0 Å². The van der Waals surface area contributed by atoms with Gasteiger partial charge in [0.25, 0.3) is 5.91 Å². The van der Waals surface area contributed by atoms with Gasteiger partial charge in [0.2, 0.25) is 11.9 Å². The summed E-state index contributed by atoms with van der Waals surface area (Å²) in [6.45, 7) is 6.38. The van der Waals surface area contributed by atoms with Gasteiger partial charge in [0.15, 0.2) is 5.16 Å². The molecule has 0 bridgehead atoms. The molecule has 3 aromatic rings. The van der Waals surface area contributed by atoms with Crippen molar-refractivity contribution in [3.05, 3.63) is 59.7 Å². The van der Waals surface area contributed by atoms with Gasteiger partial charge in [-0.15, -0.1) is 10.2 Å². The lowest BCUT2D eigenvalue weighted by Crippen LogP contribution is -2.23. The third kappa shape index (κ3) is 5.54. The summed E-state index contributed by atoms with van der Waals surface area (Å²) in [4.78, 5) is 26.9. The van der Waals surface area contributed by atoms with Gasteiger partial charge in [-0.3, -0.25) is 14.2 Å². The fraction of sp³-hybridized carbons (Fsp3) is 0.333. The van der Waals surface area contributed by atoms with Crippen LogP contribution in [0, 0.1) is 6.92 Å². The van der Waals surface area contributed by atoms with E-state index in [4.69, 9.17) is 0 Å². The van der Waals surface area contributed by atoms with Crippen LogP contribution < -0.4 is 15.5 Å². The molecule has 8 nitrogen and oxygen atoms in total. The normalized spacial score (nSPS) is 13.2. The van der Waals surface area contributed by atoms with E-state index in [-0.39, 0.29) is 17.6 Å². The van der Waals surface area contributed by atoms with Crippen molar-refractivity contribution in [3.8, 4) is 5.69 Å². The Balaban J connectivity index is 1.48. The van der Waals surface area contributed by atoms with E-state index in [9.17, 15) is 9.59 Å². The minimum absolute atomic E-state index is 0.163. The van der Waals surface area contributed by atoms with Crippen molar-refractivity contribution < 1.29 is 9.59 Å². The molecule has 33 heavy (non-hydrogen) atoms. The lowest BCUT2D eigenvalue weighted by atomic mass is 10.2. The van der Waals surface area contributed by atoms with E-state index >= 15 is 0 Å². The number of amides is 2. The monoisotopic (exact) mass is 464 g/mol. The Kier molecular flexibility index (Phi) is 7.29. The zero-order valence-corrected chi connectivity index (χ0v) is 19.7. The molecule has 0 aliphatic carbocycles. The van der Waals surface area contributed by atoms with Gasteiger partial charge in [-0.25, -0.2) is 0 Å².